The van der Waals surface area contributed by atoms with Gasteiger partial charge in [-0.2, -0.15) is 0 Å². The second-order valence-corrected chi connectivity index (χ2v) is 4.07. The lowest BCUT2D eigenvalue weighted by molar-refractivity contribution is -0.0826. The van der Waals surface area contributed by atoms with Gasteiger partial charge in [-0.1, -0.05) is 0 Å². The Balaban J connectivity index is 1.97. The standard InChI is InChI=1S/C11H17NO2/c1-13-11(5-3-6-11)8-9(12)10-4-2-7-14-10/h2,4,7,9H,3,5-6,8,12H2,1H3. The van der Waals surface area contributed by atoms with Crippen molar-refractivity contribution in [1.82, 2.24) is 0 Å². The molecule has 3 nitrogen and oxygen atoms in total. The van der Waals surface area contributed by atoms with Crippen LogP contribution in [0.15, 0.2) is 22.8 Å². The minimum absolute atomic E-state index is 0.0200. The minimum atomic E-state index is -0.0368. The van der Waals surface area contributed by atoms with E-state index in [-0.39, 0.29) is 11.6 Å². The van der Waals surface area contributed by atoms with Gasteiger partial charge in [-0.05, 0) is 37.8 Å². The fourth-order valence-electron chi connectivity index (χ4n) is 2.07. The molecule has 2 N–H and O–H groups in total. The van der Waals surface area contributed by atoms with Crippen LogP contribution in [-0.4, -0.2) is 12.7 Å². The summed E-state index contributed by atoms with van der Waals surface area (Å²) in [5, 5.41) is 0. The van der Waals surface area contributed by atoms with Crippen molar-refractivity contribution in [3.8, 4) is 0 Å². The van der Waals surface area contributed by atoms with Crippen LogP contribution in [0, 0.1) is 0 Å². The highest BCUT2D eigenvalue weighted by atomic mass is 16.5. The van der Waals surface area contributed by atoms with Gasteiger partial charge in [0.1, 0.15) is 5.76 Å². The number of hydrogen-bond acceptors (Lipinski definition) is 3. The smallest absolute Gasteiger partial charge is 0.120 e. The first-order valence-corrected chi connectivity index (χ1v) is 5.10. The lowest BCUT2D eigenvalue weighted by atomic mass is 9.75. The number of hydrogen-bond donors (Lipinski definition) is 1. The van der Waals surface area contributed by atoms with Crippen LogP contribution in [0.25, 0.3) is 0 Å². The molecule has 0 aliphatic heterocycles. The Hall–Kier alpha value is -0.800. The molecule has 3 heteroatoms. The van der Waals surface area contributed by atoms with E-state index >= 15 is 0 Å². The molecule has 0 aromatic carbocycles. The van der Waals surface area contributed by atoms with Crippen molar-refractivity contribution in [2.75, 3.05) is 7.11 Å². The molecule has 78 valence electrons. The number of nitrogens with two attached hydrogens (primary N) is 1. The highest BCUT2D eigenvalue weighted by Crippen LogP contribution is 2.41. The predicted molar refractivity (Wildman–Crippen MR) is 53.8 cm³/mol. The summed E-state index contributed by atoms with van der Waals surface area (Å²) in [5.41, 5.74) is 6.06. The van der Waals surface area contributed by atoms with Crippen molar-refractivity contribution < 1.29 is 9.15 Å². The third kappa shape index (κ3) is 1.70. The number of methoxy groups -OCH3 is 1. The van der Waals surface area contributed by atoms with Crippen LogP contribution in [-0.2, 0) is 4.74 Å². The lowest BCUT2D eigenvalue weighted by Gasteiger charge is -2.41. The fraction of sp³-hybridized carbons (Fsp3) is 0.636. The van der Waals surface area contributed by atoms with Crippen LogP contribution in [0.4, 0.5) is 0 Å². The zero-order valence-electron chi connectivity index (χ0n) is 8.53. The Kier molecular flexibility index (Phi) is 2.61. The lowest BCUT2D eigenvalue weighted by Crippen LogP contribution is -2.41. The van der Waals surface area contributed by atoms with Crippen LogP contribution >= 0.6 is 0 Å². The third-order valence-electron chi connectivity index (χ3n) is 3.20. The number of furan rings is 1. The maximum absolute atomic E-state index is 6.04. The molecule has 0 saturated heterocycles. The van der Waals surface area contributed by atoms with Crippen molar-refractivity contribution in [2.45, 2.75) is 37.3 Å². The fourth-order valence-corrected chi connectivity index (χ4v) is 2.07. The SMILES string of the molecule is COC1(CC(N)c2ccco2)CCC1. The average molecular weight is 195 g/mol. The van der Waals surface area contributed by atoms with Crippen molar-refractivity contribution in [1.29, 1.82) is 0 Å². The summed E-state index contributed by atoms with van der Waals surface area (Å²) in [4.78, 5) is 0. The summed E-state index contributed by atoms with van der Waals surface area (Å²) >= 11 is 0. The largest absolute Gasteiger partial charge is 0.468 e. The monoisotopic (exact) mass is 195 g/mol. The zero-order chi connectivity index (χ0) is 10.0. The van der Waals surface area contributed by atoms with Gasteiger partial charge in [0.25, 0.3) is 0 Å². The van der Waals surface area contributed by atoms with Crippen LogP contribution in [0.1, 0.15) is 37.5 Å². The molecule has 1 fully saturated rings. The third-order valence-corrected chi connectivity index (χ3v) is 3.20. The predicted octanol–water partition coefficient (Wildman–Crippen LogP) is 2.24. The second kappa shape index (κ2) is 3.75. The maximum Gasteiger partial charge on any atom is 0.120 e. The summed E-state index contributed by atoms with van der Waals surface area (Å²) in [6, 6.07) is 3.76. The normalized spacial score (nSPS) is 21.6. The second-order valence-electron chi connectivity index (χ2n) is 4.07. The first kappa shape index (κ1) is 9.74. The molecule has 0 radical (unpaired) electrons. The van der Waals surface area contributed by atoms with Crippen molar-refractivity contribution in [3.63, 3.8) is 0 Å². The van der Waals surface area contributed by atoms with Gasteiger partial charge in [0.05, 0.1) is 17.9 Å². The van der Waals surface area contributed by atoms with Crippen molar-refractivity contribution >= 4 is 0 Å². The van der Waals surface area contributed by atoms with Crippen molar-refractivity contribution in [2.24, 2.45) is 5.73 Å². The molecule has 0 spiro atoms. The Morgan fingerprint density at radius 1 is 1.64 bits per heavy atom. The maximum atomic E-state index is 6.04. The topological polar surface area (TPSA) is 48.4 Å². The molecular formula is C11H17NO2. The summed E-state index contributed by atoms with van der Waals surface area (Å²) < 4.78 is 10.8. The number of rotatable bonds is 4. The molecule has 1 heterocycles. The van der Waals surface area contributed by atoms with Crippen LogP contribution in [0.2, 0.25) is 0 Å². The molecular weight excluding hydrogens is 178 g/mol. The Morgan fingerprint density at radius 3 is 2.86 bits per heavy atom. The molecule has 1 aromatic rings. The van der Waals surface area contributed by atoms with E-state index in [1.54, 1.807) is 13.4 Å². The molecule has 1 unspecified atom stereocenters. The van der Waals surface area contributed by atoms with E-state index in [9.17, 15) is 0 Å². The van der Waals surface area contributed by atoms with E-state index in [2.05, 4.69) is 0 Å². The van der Waals surface area contributed by atoms with E-state index < -0.39 is 0 Å². The highest BCUT2D eigenvalue weighted by molar-refractivity contribution is 5.06. The average Bonchev–Trinajstić information content (AvgIpc) is 2.63. The Morgan fingerprint density at radius 2 is 2.43 bits per heavy atom. The van der Waals surface area contributed by atoms with Crippen LogP contribution in [0.5, 0.6) is 0 Å². The molecule has 1 aromatic heterocycles. The quantitative estimate of drug-likeness (QED) is 0.801. The minimum Gasteiger partial charge on any atom is -0.468 e. The summed E-state index contributed by atoms with van der Waals surface area (Å²) in [6.07, 6.45) is 6.01. The summed E-state index contributed by atoms with van der Waals surface area (Å²) in [7, 11) is 1.77. The molecule has 14 heavy (non-hydrogen) atoms. The zero-order valence-corrected chi connectivity index (χ0v) is 8.53. The first-order chi connectivity index (χ1) is 6.76. The van der Waals surface area contributed by atoms with E-state index in [1.807, 2.05) is 12.1 Å². The molecule has 0 bridgehead atoms. The highest BCUT2D eigenvalue weighted by Gasteiger charge is 2.38. The number of ether oxygens (including phenoxy) is 1. The van der Waals surface area contributed by atoms with E-state index in [0.717, 1.165) is 25.0 Å². The van der Waals surface area contributed by atoms with Gasteiger partial charge in [-0.15, -0.1) is 0 Å². The first-order valence-electron chi connectivity index (χ1n) is 5.10. The van der Waals surface area contributed by atoms with E-state index in [1.165, 1.54) is 6.42 Å². The molecule has 2 rings (SSSR count). The van der Waals surface area contributed by atoms with Gasteiger partial charge in [-0.3, -0.25) is 0 Å². The van der Waals surface area contributed by atoms with E-state index in [0.29, 0.717) is 0 Å². The van der Waals surface area contributed by atoms with Gasteiger partial charge in [0, 0.05) is 7.11 Å². The van der Waals surface area contributed by atoms with E-state index in [4.69, 9.17) is 14.9 Å². The molecule has 1 aliphatic carbocycles. The summed E-state index contributed by atoms with van der Waals surface area (Å²) in [6.45, 7) is 0. The molecule has 1 atom stereocenters. The molecule has 0 amide bonds. The van der Waals surface area contributed by atoms with Gasteiger partial charge >= 0.3 is 0 Å². The van der Waals surface area contributed by atoms with Gasteiger partial charge < -0.3 is 14.9 Å². The molecule has 1 saturated carbocycles. The van der Waals surface area contributed by atoms with Gasteiger partial charge in [-0.25, -0.2) is 0 Å². The summed E-state index contributed by atoms with van der Waals surface area (Å²) in [5.74, 6) is 0.855. The Labute approximate surface area is 84.2 Å². The van der Waals surface area contributed by atoms with Gasteiger partial charge in [0.2, 0.25) is 0 Å². The Bertz CT molecular complexity index is 272. The van der Waals surface area contributed by atoms with Gasteiger partial charge in [0.15, 0.2) is 0 Å². The van der Waals surface area contributed by atoms with Crippen LogP contribution in [0.3, 0.4) is 0 Å². The van der Waals surface area contributed by atoms with Crippen molar-refractivity contribution in [3.05, 3.63) is 24.2 Å². The van der Waals surface area contributed by atoms with Crippen LogP contribution < -0.4 is 5.73 Å². The molecule has 1 aliphatic rings.